The summed E-state index contributed by atoms with van der Waals surface area (Å²) in [5, 5.41) is 4.15. The highest BCUT2D eigenvalue weighted by molar-refractivity contribution is 7.99. The second kappa shape index (κ2) is 7.99. The molecule has 1 rings (SSSR count). The normalized spacial score (nSPS) is 12.7. The minimum atomic E-state index is 0.667. The predicted molar refractivity (Wildman–Crippen MR) is 74.5 cm³/mol. The van der Waals surface area contributed by atoms with Crippen LogP contribution in [0, 0.1) is 0 Å². The lowest BCUT2D eigenvalue weighted by Gasteiger charge is -2.12. The minimum absolute atomic E-state index is 0.667. The summed E-state index contributed by atoms with van der Waals surface area (Å²) in [5.74, 6) is 1.17. The number of rotatable bonds is 7. The van der Waals surface area contributed by atoms with Crippen molar-refractivity contribution < 1.29 is 0 Å². The van der Waals surface area contributed by atoms with E-state index < -0.39 is 0 Å². The summed E-state index contributed by atoms with van der Waals surface area (Å²) in [6, 6.07) is 8.74. The van der Waals surface area contributed by atoms with Crippen molar-refractivity contribution in [1.82, 2.24) is 5.32 Å². The van der Waals surface area contributed by atoms with Gasteiger partial charge in [-0.15, -0.1) is 11.8 Å². The Kier molecular flexibility index (Phi) is 6.93. The molecule has 0 saturated carbocycles. The van der Waals surface area contributed by atoms with Gasteiger partial charge in [-0.1, -0.05) is 24.6 Å². The van der Waals surface area contributed by atoms with Crippen LogP contribution < -0.4 is 5.32 Å². The van der Waals surface area contributed by atoms with Crippen LogP contribution >= 0.6 is 23.4 Å². The van der Waals surface area contributed by atoms with Crippen molar-refractivity contribution in [2.75, 3.05) is 12.8 Å². The average Bonchev–Trinajstić information content (AvgIpc) is 2.29. The van der Waals surface area contributed by atoms with Crippen LogP contribution in [-0.2, 0) is 0 Å². The van der Waals surface area contributed by atoms with Gasteiger partial charge in [0.1, 0.15) is 0 Å². The molecule has 0 aliphatic carbocycles. The van der Waals surface area contributed by atoms with E-state index in [1.807, 2.05) is 37.0 Å². The summed E-state index contributed by atoms with van der Waals surface area (Å²) in [6.07, 6.45) is 3.70. The van der Waals surface area contributed by atoms with E-state index in [9.17, 15) is 0 Å². The highest BCUT2D eigenvalue weighted by atomic mass is 35.5. The molecule has 1 aromatic carbocycles. The SMILES string of the molecule is CCC(CCCSc1cccc(Cl)c1)NC. The van der Waals surface area contributed by atoms with Crippen molar-refractivity contribution in [3.05, 3.63) is 29.3 Å². The number of hydrogen-bond donors (Lipinski definition) is 1. The summed E-state index contributed by atoms with van der Waals surface area (Å²) in [5.41, 5.74) is 0. The van der Waals surface area contributed by atoms with Crippen molar-refractivity contribution in [2.45, 2.75) is 37.1 Å². The summed E-state index contributed by atoms with van der Waals surface area (Å²) in [6.45, 7) is 2.23. The van der Waals surface area contributed by atoms with Crippen LogP contribution in [0.2, 0.25) is 5.02 Å². The molecule has 0 bridgehead atoms. The lowest BCUT2D eigenvalue weighted by atomic mass is 10.1. The Labute approximate surface area is 108 Å². The molecule has 1 atom stereocenters. The second-order valence-electron chi connectivity index (χ2n) is 3.84. The third kappa shape index (κ3) is 5.24. The zero-order valence-corrected chi connectivity index (χ0v) is 11.6. The van der Waals surface area contributed by atoms with Gasteiger partial charge in [0, 0.05) is 16.0 Å². The molecule has 0 fully saturated rings. The number of nitrogens with one attached hydrogen (secondary N) is 1. The van der Waals surface area contributed by atoms with Gasteiger partial charge in [0.15, 0.2) is 0 Å². The molecule has 0 saturated heterocycles. The maximum Gasteiger partial charge on any atom is 0.0417 e. The maximum absolute atomic E-state index is 5.93. The zero-order chi connectivity index (χ0) is 11.8. The Bertz CT molecular complexity index is 300. The van der Waals surface area contributed by atoms with E-state index in [2.05, 4.69) is 18.3 Å². The molecule has 0 amide bonds. The second-order valence-corrected chi connectivity index (χ2v) is 5.45. The smallest absolute Gasteiger partial charge is 0.0417 e. The van der Waals surface area contributed by atoms with Gasteiger partial charge >= 0.3 is 0 Å². The van der Waals surface area contributed by atoms with Gasteiger partial charge in [0.25, 0.3) is 0 Å². The van der Waals surface area contributed by atoms with E-state index in [1.165, 1.54) is 29.9 Å². The fourth-order valence-electron chi connectivity index (χ4n) is 1.63. The molecular weight excluding hydrogens is 238 g/mol. The van der Waals surface area contributed by atoms with Crippen LogP contribution in [0.15, 0.2) is 29.2 Å². The largest absolute Gasteiger partial charge is 0.317 e. The summed E-state index contributed by atoms with van der Waals surface area (Å²) in [7, 11) is 2.04. The van der Waals surface area contributed by atoms with Gasteiger partial charge in [0.05, 0.1) is 0 Å². The Morgan fingerprint density at radius 3 is 2.88 bits per heavy atom. The molecule has 0 aliphatic rings. The fraction of sp³-hybridized carbons (Fsp3) is 0.538. The Balaban J connectivity index is 2.20. The molecule has 1 N–H and O–H groups in total. The molecule has 1 unspecified atom stereocenters. The molecule has 0 spiro atoms. The molecule has 0 aliphatic heterocycles. The van der Waals surface area contributed by atoms with E-state index >= 15 is 0 Å². The third-order valence-corrected chi connectivity index (χ3v) is 3.98. The molecule has 0 aromatic heterocycles. The highest BCUT2D eigenvalue weighted by Crippen LogP contribution is 2.22. The summed E-state index contributed by atoms with van der Waals surface area (Å²) < 4.78 is 0. The van der Waals surface area contributed by atoms with Gasteiger partial charge in [-0.3, -0.25) is 0 Å². The van der Waals surface area contributed by atoms with E-state index in [0.29, 0.717) is 6.04 Å². The third-order valence-electron chi connectivity index (χ3n) is 2.66. The quantitative estimate of drug-likeness (QED) is 0.580. The van der Waals surface area contributed by atoms with Gasteiger partial charge in [-0.25, -0.2) is 0 Å². The van der Waals surface area contributed by atoms with Gasteiger partial charge in [-0.2, -0.15) is 0 Å². The standard InChI is InChI=1S/C13H20ClNS/c1-3-12(15-2)7-5-9-16-13-8-4-6-11(14)10-13/h4,6,8,10,12,15H,3,5,7,9H2,1-2H3. The Morgan fingerprint density at radius 1 is 1.44 bits per heavy atom. The molecule has 16 heavy (non-hydrogen) atoms. The fourth-order valence-corrected chi connectivity index (χ4v) is 2.82. The van der Waals surface area contributed by atoms with Crippen molar-refractivity contribution >= 4 is 23.4 Å². The molecule has 1 aromatic rings. The average molecular weight is 258 g/mol. The van der Waals surface area contributed by atoms with Crippen molar-refractivity contribution in [3.8, 4) is 0 Å². The molecule has 1 nitrogen and oxygen atoms in total. The van der Waals surface area contributed by atoms with E-state index in [4.69, 9.17) is 11.6 Å². The van der Waals surface area contributed by atoms with Crippen molar-refractivity contribution in [1.29, 1.82) is 0 Å². The van der Waals surface area contributed by atoms with Crippen molar-refractivity contribution in [3.63, 3.8) is 0 Å². The first kappa shape index (κ1) is 13.9. The van der Waals surface area contributed by atoms with Gasteiger partial charge in [-0.05, 0) is 50.3 Å². The number of hydrogen-bond acceptors (Lipinski definition) is 2. The van der Waals surface area contributed by atoms with E-state index in [-0.39, 0.29) is 0 Å². The predicted octanol–water partition coefficient (Wildman–Crippen LogP) is 4.21. The van der Waals surface area contributed by atoms with Gasteiger partial charge < -0.3 is 5.32 Å². The zero-order valence-electron chi connectivity index (χ0n) is 10.0. The minimum Gasteiger partial charge on any atom is -0.317 e. The molecule has 0 heterocycles. The lowest BCUT2D eigenvalue weighted by Crippen LogP contribution is -2.23. The first-order valence-corrected chi connectivity index (χ1v) is 7.18. The first-order chi connectivity index (χ1) is 7.76. The maximum atomic E-state index is 5.93. The number of halogens is 1. The number of benzene rings is 1. The monoisotopic (exact) mass is 257 g/mol. The molecular formula is C13H20ClNS. The molecule has 0 radical (unpaired) electrons. The lowest BCUT2D eigenvalue weighted by molar-refractivity contribution is 0.504. The van der Waals surface area contributed by atoms with Crippen LogP contribution in [-0.4, -0.2) is 18.8 Å². The summed E-state index contributed by atoms with van der Waals surface area (Å²) in [4.78, 5) is 1.27. The topological polar surface area (TPSA) is 12.0 Å². The molecule has 90 valence electrons. The van der Waals surface area contributed by atoms with Gasteiger partial charge in [0.2, 0.25) is 0 Å². The van der Waals surface area contributed by atoms with E-state index in [1.54, 1.807) is 0 Å². The summed E-state index contributed by atoms with van der Waals surface area (Å²) >= 11 is 7.81. The first-order valence-electron chi connectivity index (χ1n) is 5.82. The van der Waals surface area contributed by atoms with Crippen LogP contribution in [0.25, 0.3) is 0 Å². The van der Waals surface area contributed by atoms with Crippen molar-refractivity contribution in [2.24, 2.45) is 0 Å². The van der Waals surface area contributed by atoms with Crippen LogP contribution in [0.3, 0.4) is 0 Å². The van der Waals surface area contributed by atoms with Crippen LogP contribution in [0.4, 0.5) is 0 Å². The Morgan fingerprint density at radius 2 is 2.25 bits per heavy atom. The highest BCUT2D eigenvalue weighted by Gasteiger charge is 2.02. The molecule has 3 heteroatoms. The Hall–Kier alpha value is -0.180. The van der Waals surface area contributed by atoms with Crippen LogP contribution in [0.1, 0.15) is 26.2 Å². The van der Waals surface area contributed by atoms with Crippen LogP contribution in [0.5, 0.6) is 0 Å². The number of thioether (sulfide) groups is 1. The van der Waals surface area contributed by atoms with E-state index in [0.717, 1.165) is 5.02 Å².